The molecule has 5 heteroatoms. The summed E-state index contributed by atoms with van der Waals surface area (Å²) in [6.07, 6.45) is 1.95. The summed E-state index contributed by atoms with van der Waals surface area (Å²) in [5.41, 5.74) is 2.17. The van der Waals surface area contributed by atoms with Crippen molar-refractivity contribution in [2.24, 2.45) is 0 Å². The monoisotopic (exact) mass is 330 g/mol. The molecule has 0 fully saturated rings. The van der Waals surface area contributed by atoms with E-state index < -0.39 is 0 Å². The Morgan fingerprint density at radius 3 is 2.71 bits per heavy atom. The van der Waals surface area contributed by atoms with Gasteiger partial charge in [-0.2, -0.15) is 0 Å². The van der Waals surface area contributed by atoms with E-state index in [0.717, 1.165) is 15.9 Å². The van der Waals surface area contributed by atoms with Gasteiger partial charge in [-0.1, -0.05) is 25.4 Å². The summed E-state index contributed by atoms with van der Waals surface area (Å²) in [4.78, 5) is 3.08. The third-order valence-corrected chi connectivity index (χ3v) is 4.07. The lowest BCUT2D eigenvalue weighted by Crippen LogP contribution is -2.01. The average molecular weight is 332 g/mol. The van der Waals surface area contributed by atoms with Gasteiger partial charge < -0.3 is 4.98 Å². The first kappa shape index (κ1) is 12.9. The third kappa shape index (κ3) is 2.49. The van der Waals surface area contributed by atoms with Crippen LogP contribution in [0.1, 0.15) is 25.5 Å². The molecule has 0 saturated heterocycles. The molecular weight excluding hydrogens is 320 g/mol. The van der Waals surface area contributed by atoms with E-state index >= 15 is 0 Å². The molecule has 2 aromatic rings. The van der Waals surface area contributed by atoms with Gasteiger partial charge in [0.2, 0.25) is 0 Å². The molecule has 0 aliphatic heterocycles. The lowest BCUT2D eigenvalue weighted by atomic mass is 10.1. The Hall–Kier alpha value is -0.580. The van der Waals surface area contributed by atoms with Gasteiger partial charge >= 0.3 is 0 Å². The van der Waals surface area contributed by atoms with Crippen LogP contribution in [0.4, 0.5) is 0 Å². The first-order valence-electron chi connectivity index (χ1n) is 5.26. The van der Waals surface area contributed by atoms with Crippen LogP contribution in [0.3, 0.4) is 0 Å². The molecule has 0 spiro atoms. The topological polar surface area (TPSA) is 20.7 Å². The van der Waals surface area contributed by atoms with Crippen molar-refractivity contribution >= 4 is 39.7 Å². The Kier molecular flexibility index (Phi) is 3.76. The molecule has 0 atom stereocenters. The van der Waals surface area contributed by atoms with E-state index in [0.29, 0.717) is 15.7 Å². The smallest absolute Gasteiger partial charge is 0.182 e. The summed E-state index contributed by atoms with van der Waals surface area (Å²) in [5, 5.41) is 0.696. The van der Waals surface area contributed by atoms with Gasteiger partial charge in [0.15, 0.2) is 4.77 Å². The van der Waals surface area contributed by atoms with Gasteiger partial charge in [-0.15, -0.1) is 0 Å². The molecule has 0 saturated carbocycles. The van der Waals surface area contributed by atoms with E-state index in [4.69, 9.17) is 23.8 Å². The van der Waals surface area contributed by atoms with Gasteiger partial charge in [-0.05, 0) is 52.3 Å². The van der Waals surface area contributed by atoms with Crippen LogP contribution in [0, 0.1) is 4.77 Å². The van der Waals surface area contributed by atoms with Crippen LogP contribution >= 0.6 is 39.7 Å². The predicted molar refractivity (Wildman–Crippen MR) is 77.8 cm³/mol. The zero-order valence-corrected chi connectivity index (χ0v) is 12.7. The van der Waals surface area contributed by atoms with Crippen molar-refractivity contribution < 1.29 is 0 Å². The summed E-state index contributed by atoms with van der Waals surface area (Å²) in [6, 6.07) is 5.79. The fourth-order valence-corrected chi connectivity index (χ4v) is 2.45. The van der Waals surface area contributed by atoms with E-state index in [1.54, 1.807) is 0 Å². The van der Waals surface area contributed by atoms with Crippen LogP contribution in [0.25, 0.3) is 5.69 Å². The number of H-pyrrole nitrogens is 1. The van der Waals surface area contributed by atoms with Crippen molar-refractivity contribution in [2.45, 2.75) is 19.8 Å². The highest BCUT2D eigenvalue weighted by atomic mass is 79.9. The number of aromatic amines is 1. The molecule has 1 aromatic carbocycles. The minimum atomic E-state index is 0.400. The van der Waals surface area contributed by atoms with Gasteiger partial charge in [0, 0.05) is 22.1 Å². The number of hydrogen-bond donors (Lipinski definition) is 1. The fraction of sp³-hybridized carbons (Fsp3) is 0.250. The molecular formula is C12H12BrClN2S. The van der Waals surface area contributed by atoms with E-state index in [9.17, 15) is 0 Å². The Morgan fingerprint density at radius 1 is 1.41 bits per heavy atom. The Balaban J connectivity index is 2.63. The Bertz CT molecular complexity index is 601. The molecule has 0 bridgehead atoms. The van der Waals surface area contributed by atoms with Crippen molar-refractivity contribution in [3.05, 3.63) is 44.4 Å². The molecule has 2 rings (SSSR count). The molecule has 1 N–H and O–H groups in total. The van der Waals surface area contributed by atoms with Crippen molar-refractivity contribution in [1.29, 1.82) is 0 Å². The highest BCUT2D eigenvalue weighted by Crippen LogP contribution is 2.27. The van der Waals surface area contributed by atoms with Crippen molar-refractivity contribution in [2.75, 3.05) is 0 Å². The van der Waals surface area contributed by atoms with Gasteiger partial charge in [0.05, 0.1) is 5.02 Å². The lowest BCUT2D eigenvalue weighted by Gasteiger charge is -2.11. The van der Waals surface area contributed by atoms with Gasteiger partial charge in [0.1, 0.15) is 0 Å². The lowest BCUT2D eigenvalue weighted by molar-refractivity contribution is 0.783. The summed E-state index contributed by atoms with van der Waals surface area (Å²) in [7, 11) is 0. The van der Waals surface area contributed by atoms with Crippen LogP contribution in [0.2, 0.25) is 5.02 Å². The molecule has 90 valence electrons. The minimum Gasteiger partial charge on any atom is -0.337 e. The van der Waals surface area contributed by atoms with Crippen LogP contribution in [0.15, 0.2) is 28.9 Å². The van der Waals surface area contributed by atoms with Crippen LogP contribution in [-0.2, 0) is 0 Å². The van der Waals surface area contributed by atoms with Gasteiger partial charge in [-0.3, -0.25) is 4.57 Å². The summed E-state index contributed by atoms with van der Waals surface area (Å²) in [5.74, 6) is 0.400. The van der Waals surface area contributed by atoms with Crippen LogP contribution < -0.4 is 0 Å². The van der Waals surface area contributed by atoms with E-state index in [1.807, 2.05) is 29.0 Å². The average Bonchev–Trinajstić information content (AvgIpc) is 2.64. The Morgan fingerprint density at radius 2 is 2.12 bits per heavy atom. The van der Waals surface area contributed by atoms with Crippen LogP contribution in [-0.4, -0.2) is 9.55 Å². The summed E-state index contributed by atoms with van der Waals surface area (Å²) in [6.45, 7) is 4.28. The second-order valence-electron chi connectivity index (χ2n) is 4.11. The SMILES string of the molecule is CC(C)c1c[nH]c(=S)n1-c1ccc(Cl)c(Br)c1. The zero-order valence-electron chi connectivity index (χ0n) is 9.50. The fourth-order valence-electron chi connectivity index (χ4n) is 1.70. The number of aromatic nitrogens is 2. The molecule has 1 heterocycles. The maximum absolute atomic E-state index is 5.99. The molecule has 0 aliphatic rings. The van der Waals surface area contributed by atoms with E-state index in [2.05, 4.69) is 34.8 Å². The van der Waals surface area contributed by atoms with E-state index in [-0.39, 0.29) is 0 Å². The van der Waals surface area contributed by atoms with Crippen molar-refractivity contribution in [3.8, 4) is 5.69 Å². The normalized spacial score (nSPS) is 11.1. The highest BCUT2D eigenvalue weighted by Gasteiger charge is 2.10. The number of imidazole rings is 1. The molecule has 0 unspecified atom stereocenters. The number of nitrogens with zero attached hydrogens (tertiary/aromatic N) is 1. The van der Waals surface area contributed by atoms with E-state index in [1.165, 1.54) is 0 Å². The molecule has 17 heavy (non-hydrogen) atoms. The first-order chi connectivity index (χ1) is 8.00. The predicted octanol–water partition coefficient (Wildman–Crippen LogP) is 5.07. The largest absolute Gasteiger partial charge is 0.337 e. The number of nitrogens with one attached hydrogen (secondary N) is 1. The third-order valence-electron chi connectivity index (χ3n) is 2.56. The molecule has 0 aliphatic carbocycles. The second-order valence-corrected chi connectivity index (χ2v) is 5.76. The Labute approximate surface area is 119 Å². The standard InChI is InChI=1S/C12H12BrClN2S/c1-7(2)11-6-15-12(17)16(11)8-3-4-10(14)9(13)5-8/h3-7H,1-2H3,(H,15,17). The quantitative estimate of drug-likeness (QED) is 0.762. The zero-order chi connectivity index (χ0) is 12.6. The second kappa shape index (κ2) is 4.96. The van der Waals surface area contributed by atoms with Gasteiger partial charge in [-0.25, -0.2) is 0 Å². The van der Waals surface area contributed by atoms with Crippen molar-refractivity contribution in [3.63, 3.8) is 0 Å². The molecule has 2 nitrogen and oxygen atoms in total. The number of hydrogen-bond acceptors (Lipinski definition) is 1. The number of halogens is 2. The summed E-state index contributed by atoms with van der Waals surface area (Å²) >= 11 is 14.7. The molecule has 0 radical (unpaired) electrons. The molecule has 1 aromatic heterocycles. The van der Waals surface area contributed by atoms with Gasteiger partial charge in [0.25, 0.3) is 0 Å². The maximum atomic E-state index is 5.99. The van der Waals surface area contributed by atoms with Crippen molar-refractivity contribution in [1.82, 2.24) is 9.55 Å². The molecule has 0 amide bonds. The highest BCUT2D eigenvalue weighted by molar-refractivity contribution is 9.10. The number of rotatable bonds is 2. The minimum absolute atomic E-state index is 0.400. The number of benzene rings is 1. The maximum Gasteiger partial charge on any atom is 0.182 e. The summed E-state index contributed by atoms with van der Waals surface area (Å²) < 4.78 is 3.60. The van der Waals surface area contributed by atoms with Crippen LogP contribution in [0.5, 0.6) is 0 Å². The first-order valence-corrected chi connectivity index (χ1v) is 6.84.